The molecule has 0 aliphatic carbocycles. The summed E-state index contributed by atoms with van der Waals surface area (Å²) in [6.07, 6.45) is 2.10. The summed E-state index contributed by atoms with van der Waals surface area (Å²) in [4.78, 5) is 29.3. The third-order valence-electron chi connectivity index (χ3n) is 7.11. The lowest BCUT2D eigenvalue weighted by atomic mass is 10.00. The second-order valence-electron chi connectivity index (χ2n) is 9.95. The number of hydrogen-bond donors (Lipinski definition) is 1. The minimum Gasteiger partial charge on any atom is -0.486 e. The van der Waals surface area contributed by atoms with Gasteiger partial charge in [0.1, 0.15) is 19.3 Å². The van der Waals surface area contributed by atoms with Crippen LogP contribution < -0.4 is 14.8 Å². The zero-order chi connectivity index (χ0) is 26.9. The highest BCUT2D eigenvalue weighted by Crippen LogP contribution is 2.31. The van der Waals surface area contributed by atoms with Crippen LogP contribution in [0.25, 0.3) is 0 Å². The number of nitrogens with one attached hydrogen (secondary N) is 1. The van der Waals surface area contributed by atoms with Crippen LogP contribution in [0.3, 0.4) is 0 Å². The van der Waals surface area contributed by atoms with Gasteiger partial charge < -0.3 is 19.7 Å². The van der Waals surface area contributed by atoms with Crippen LogP contribution in [-0.2, 0) is 29.0 Å². The number of carbonyl (C=O) groups is 2. The van der Waals surface area contributed by atoms with E-state index in [0.29, 0.717) is 38.3 Å². The lowest BCUT2D eigenvalue weighted by Gasteiger charge is -2.33. The van der Waals surface area contributed by atoms with Gasteiger partial charge in [-0.15, -0.1) is 0 Å². The molecule has 4 rings (SSSR count). The van der Waals surface area contributed by atoms with Crippen molar-refractivity contribution in [3.8, 4) is 11.5 Å². The van der Waals surface area contributed by atoms with Gasteiger partial charge in [0.05, 0.1) is 0 Å². The molecule has 2 atom stereocenters. The largest absolute Gasteiger partial charge is 0.486 e. The van der Waals surface area contributed by atoms with Crippen molar-refractivity contribution in [2.24, 2.45) is 0 Å². The van der Waals surface area contributed by atoms with Gasteiger partial charge in [0.2, 0.25) is 11.8 Å². The number of nitrogens with zero attached hydrogens (tertiary/aromatic N) is 1. The zero-order valence-electron chi connectivity index (χ0n) is 22.6. The average Bonchev–Trinajstić information content (AvgIpc) is 2.94. The Labute approximate surface area is 226 Å². The Balaban J connectivity index is 1.60. The Hall–Kier alpha value is -3.80. The summed E-state index contributed by atoms with van der Waals surface area (Å²) in [6.45, 7) is 7.51. The monoisotopic (exact) mass is 514 g/mol. The van der Waals surface area contributed by atoms with Gasteiger partial charge >= 0.3 is 0 Å². The Morgan fingerprint density at radius 1 is 0.921 bits per heavy atom. The third kappa shape index (κ3) is 7.15. The number of rotatable bonds is 11. The quantitative estimate of drug-likeness (QED) is 0.379. The number of hydrogen-bond acceptors (Lipinski definition) is 4. The molecule has 0 saturated carbocycles. The molecule has 38 heavy (non-hydrogen) atoms. The van der Waals surface area contributed by atoms with E-state index in [2.05, 4.69) is 5.32 Å². The van der Waals surface area contributed by atoms with E-state index in [4.69, 9.17) is 9.47 Å². The Kier molecular flexibility index (Phi) is 9.41. The molecule has 0 bridgehead atoms. The normalized spacial score (nSPS) is 13.9. The fourth-order valence-electron chi connectivity index (χ4n) is 4.60. The van der Waals surface area contributed by atoms with Gasteiger partial charge in [-0.1, -0.05) is 67.6 Å². The highest BCUT2D eigenvalue weighted by molar-refractivity contribution is 5.88. The van der Waals surface area contributed by atoms with E-state index in [1.807, 2.05) is 93.6 Å². The van der Waals surface area contributed by atoms with Gasteiger partial charge in [0.25, 0.3) is 0 Å². The van der Waals surface area contributed by atoms with Gasteiger partial charge in [-0.25, -0.2) is 0 Å². The minimum atomic E-state index is -0.626. The fraction of sp³-hybridized carbons (Fsp3) is 0.375. The Morgan fingerprint density at radius 2 is 1.63 bits per heavy atom. The van der Waals surface area contributed by atoms with Crippen LogP contribution in [0.15, 0.2) is 72.8 Å². The highest BCUT2D eigenvalue weighted by Gasteiger charge is 2.31. The van der Waals surface area contributed by atoms with Crippen LogP contribution in [0, 0.1) is 6.92 Å². The molecule has 1 aliphatic heterocycles. The van der Waals surface area contributed by atoms with Crippen molar-refractivity contribution < 1.29 is 19.1 Å². The summed E-state index contributed by atoms with van der Waals surface area (Å²) < 4.78 is 11.4. The molecule has 0 radical (unpaired) electrons. The molecule has 6 heteroatoms. The molecule has 2 unspecified atom stereocenters. The first-order valence-corrected chi connectivity index (χ1v) is 13.5. The van der Waals surface area contributed by atoms with Crippen LogP contribution in [0.1, 0.15) is 48.9 Å². The van der Waals surface area contributed by atoms with Crippen molar-refractivity contribution in [1.82, 2.24) is 10.2 Å². The summed E-state index contributed by atoms with van der Waals surface area (Å²) in [5, 5.41) is 3.13. The molecule has 1 aliphatic rings. The topological polar surface area (TPSA) is 67.9 Å². The molecule has 0 spiro atoms. The Morgan fingerprint density at radius 3 is 2.37 bits per heavy atom. The van der Waals surface area contributed by atoms with Crippen LogP contribution in [-0.4, -0.2) is 42.0 Å². The first-order chi connectivity index (χ1) is 18.4. The molecule has 0 fully saturated rings. The Bertz CT molecular complexity index is 1230. The molecular weight excluding hydrogens is 476 g/mol. The van der Waals surface area contributed by atoms with Crippen molar-refractivity contribution in [2.75, 3.05) is 13.2 Å². The molecule has 6 nitrogen and oxygen atoms in total. The SMILES string of the molecule is CCC(C)NC(=O)C(Cc1ccccc1)N(Cc1ccccc1C)C(=O)CCc1ccc2c(c1)OCCO2. The van der Waals surface area contributed by atoms with Gasteiger partial charge in [-0.05, 0) is 61.1 Å². The van der Waals surface area contributed by atoms with E-state index >= 15 is 0 Å². The van der Waals surface area contributed by atoms with E-state index in [0.717, 1.165) is 34.4 Å². The minimum absolute atomic E-state index is 0.0221. The molecular formula is C32H38N2O4. The number of amides is 2. The lowest BCUT2D eigenvalue weighted by Crippen LogP contribution is -2.52. The second kappa shape index (κ2) is 13.1. The van der Waals surface area contributed by atoms with Crippen molar-refractivity contribution in [1.29, 1.82) is 0 Å². The van der Waals surface area contributed by atoms with Gasteiger partial charge in [-0.3, -0.25) is 9.59 Å². The predicted molar refractivity (Wildman–Crippen MR) is 149 cm³/mol. The molecule has 3 aromatic rings. The molecule has 0 saturated heterocycles. The number of aryl methyl sites for hydroxylation is 2. The highest BCUT2D eigenvalue weighted by atomic mass is 16.6. The van der Waals surface area contributed by atoms with Crippen LogP contribution in [0.2, 0.25) is 0 Å². The van der Waals surface area contributed by atoms with E-state index in [-0.39, 0.29) is 24.3 Å². The second-order valence-corrected chi connectivity index (χ2v) is 9.95. The zero-order valence-corrected chi connectivity index (χ0v) is 22.6. The molecule has 0 aromatic heterocycles. The molecule has 200 valence electrons. The standard InChI is InChI=1S/C32H38N2O4/c1-4-24(3)33-32(36)28(20-25-11-6-5-7-12-25)34(22-27-13-9-8-10-23(27)2)31(35)17-15-26-14-16-29-30(21-26)38-19-18-37-29/h5-14,16,21,24,28H,4,15,17-20,22H2,1-3H3,(H,33,36). The van der Waals surface area contributed by atoms with Crippen molar-refractivity contribution >= 4 is 11.8 Å². The summed E-state index contributed by atoms with van der Waals surface area (Å²) in [7, 11) is 0. The molecule has 2 amide bonds. The smallest absolute Gasteiger partial charge is 0.243 e. The van der Waals surface area contributed by atoms with E-state index in [1.54, 1.807) is 4.90 Å². The summed E-state index contributed by atoms with van der Waals surface area (Å²) in [5.74, 6) is 1.28. The van der Waals surface area contributed by atoms with Gasteiger partial charge in [0.15, 0.2) is 11.5 Å². The van der Waals surface area contributed by atoms with Crippen LogP contribution in [0.5, 0.6) is 11.5 Å². The van der Waals surface area contributed by atoms with Crippen LogP contribution >= 0.6 is 0 Å². The predicted octanol–water partition coefficient (Wildman–Crippen LogP) is 5.25. The van der Waals surface area contributed by atoms with Crippen molar-refractivity contribution in [3.05, 3.63) is 95.1 Å². The first kappa shape index (κ1) is 27.2. The van der Waals surface area contributed by atoms with E-state index < -0.39 is 6.04 Å². The van der Waals surface area contributed by atoms with Gasteiger partial charge in [0, 0.05) is 25.4 Å². The lowest BCUT2D eigenvalue weighted by molar-refractivity contribution is -0.141. The summed E-state index contributed by atoms with van der Waals surface area (Å²) in [5.41, 5.74) is 4.15. The fourth-order valence-corrected chi connectivity index (χ4v) is 4.60. The molecule has 3 aromatic carbocycles. The third-order valence-corrected chi connectivity index (χ3v) is 7.11. The molecule has 1 N–H and O–H groups in total. The van der Waals surface area contributed by atoms with Crippen molar-refractivity contribution in [2.45, 2.75) is 65.1 Å². The average molecular weight is 515 g/mol. The number of fused-ring (bicyclic) bond motifs is 1. The maximum absolute atomic E-state index is 13.9. The van der Waals surface area contributed by atoms with Gasteiger partial charge in [-0.2, -0.15) is 0 Å². The summed E-state index contributed by atoms with van der Waals surface area (Å²) >= 11 is 0. The van der Waals surface area contributed by atoms with E-state index in [1.165, 1.54) is 0 Å². The van der Waals surface area contributed by atoms with Crippen LogP contribution in [0.4, 0.5) is 0 Å². The number of benzene rings is 3. The number of carbonyl (C=O) groups excluding carboxylic acids is 2. The maximum Gasteiger partial charge on any atom is 0.243 e. The maximum atomic E-state index is 13.9. The first-order valence-electron chi connectivity index (χ1n) is 13.5. The summed E-state index contributed by atoms with van der Waals surface area (Å²) in [6, 6.07) is 23.2. The van der Waals surface area contributed by atoms with E-state index in [9.17, 15) is 9.59 Å². The van der Waals surface area contributed by atoms with Crippen molar-refractivity contribution in [3.63, 3.8) is 0 Å². The molecule has 1 heterocycles. The number of ether oxygens (including phenoxy) is 2.